The summed E-state index contributed by atoms with van der Waals surface area (Å²) in [7, 11) is -0.870. The average molecular weight is 523 g/mol. The highest BCUT2D eigenvalue weighted by Crippen LogP contribution is 2.25. The molecule has 0 aliphatic carbocycles. The molecule has 34 heavy (non-hydrogen) atoms. The largest absolute Gasteiger partial charge is 0.478 e. The second-order valence-corrected chi connectivity index (χ2v) is 11.6. The van der Waals surface area contributed by atoms with Gasteiger partial charge in [-0.2, -0.15) is 11.8 Å². The lowest BCUT2D eigenvalue weighted by atomic mass is 10.1. The quantitative estimate of drug-likeness (QED) is 0.0899. The third kappa shape index (κ3) is 18.1. The van der Waals surface area contributed by atoms with Gasteiger partial charge in [0.15, 0.2) is 0 Å². The Hall–Kier alpha value is -0.200. The van der Waals surface area contributed by atoms with Gasteiger partial charge in [-0.3, -0.25) is 4.57 Å². The lowest BCUT2D eigenvalue weighted by molar-refractivity contribution is -0.154. The normalized spacial score (nSPS) is 15.3. The van der Waals surface area contributed by atoms with Gasteiger partial charge < -0.3 is 19.7 Å². The fourth-order valence-corrected chi connectivity index (χ4v) is 5.33. The maximum atomic E-state index is 10.9. The molecule has 0 aliphatic heterocycles. The number of thioether (sulfide) groups is 1. The van der Waals surface area contributed by atoms with E-state index in [0.717, 1.165) is 0 Å². The minimum absolute atomic E-state index is 0.154. The van der Waals surface area contributed by atoms with Crippen LogP contribution in [-0.4, -0.2) is 58.5 Å². The molecule has 2 N–H and O–H groups in total. The monoisotopic (exact) mass is 522 g/mol. The first kappa shape index (κ1) is 33.8. The molecule has 0 saturated carbocycles. The average Bonchev–Trinajstić information content (AvgIpc) is 2.83. The molecule has 0 heterocycles. The van der Waals surface area contributed by atoms with E-state index in [0.29, 0.717) is 18.3 Å². The Kier molecular flexibility index (Phi) is 23.1. The molecular weight excluding hydrogens is 471 g/mol. The van der Waals surface area contributed by atoms with E-state index in [4.69, 9.17) is 14.6 Å². The molecule has 0 radical (unpaired) electrons. The minimum Gasteiger partial charge on any atom is -0.478 e. The molecule has 3 unspecified atom stereocenters. The third-order valence-corrected chi connectivity index (χ3v) is 8.25. The number of rotatable bonds is 26. The highest BCUT2D eigenvalue weighted by Gasteiger charge is 2.37. The molecule has 0 aromatic carbocycles. The van der Waals surface area contributed by atoms with Crippen molar-refractivity contribution >= 4 is 26.2 Å². The molecular formula is C26H51O6PS. The number of carbonyl (C=O) groups is 1. The molecule has 0 bridgehead atoms. The van der Waals surface area contributed by atoms with Crippen molar-refractivity contribution < 1.29 is 29.0 Å². The maximum absolute atomic E-state index is 10.9. The van der Waals surface area contributed by atoms with Crippen molar-refractivity contribution in [2.75, 3.05) is 25.6 Å². The summed E-state index contributed by atoms with van der Waals surface area (Å²) < 4.78 is 22.1. The van der Waals surface area contributed by atoms with Crippen molar-refractivity contribution in [2.45, 2.75) is 134 Å². The number of aliphatic hydroxyl groups is 1. The van der Waals surface area contributed by atoms with Crippen LogP contribution in [0.5, 0.6) is 0 Å². The molecule has 0 aromatic rings. The minimum atomic E-state index is -2.37. The molecule has 0 saturated heterocycles. The van der Waals surface area contributed by atoms with Crippen LogP contribution in [-0.2, 0) is 18.8 Å². The van der Waals surface area contributed by atoms with E-state index in [-0.39, 0.29) is 12.7 Å². The van der Waals surface area contributed by atoms with Crippen LogP contribution in [0.1, 0.15) is 117 Å². The molecule has 0 spiro atoms. The summed E-state index contributed by atoms with van der Waals surface area (Å²) in [6.45, 7) is 6.92. The van der Waals surface area contributed by atoms with E-state index in [1.54, 1.807) is 0 Å². The van der Waals surface area contributed by atoms with Gasteiger partial charge in [-0.1, -0.05) is 90.9 Å². The van der Waals surface area contributed by atoms with Crippen LogP contribution < -0.4 is 0 Å². The molecule has 202 valence electrons. The fourth-order valence-electron chi connectivity index (χ4n) is 3.75. The van der Waals surface area contributed by atoms with E-state index in [1.807, 2.05) is 0 Å². The van der Waals surface area contributed by atoms with Crippen molar-refractivity contribution in [2.24, 2.45) is 0 Å². The Morgan fingerprint density at radius 1 is 0.882 bits per heavy atom. The number of unbranched alkanes of at least 4 members (excludes halogenated alkanes) is 11. The summed E-state index contributed by atoms with van der Waals surface area (Å²) in [5, 5.41) is 16.7. The van der Waals surface area contributed by atoms with Crippen LogP contribution in [0.2, 0.25) is 0 Å². The van der Waals surface area contributed by atoms with Crippen molar-refractivity contribution in [3.8, 4) is 0 Å². The lowest BCUT2D eigenvalue weighted by Crippen LogP contribution is -2.37. The van der Waals surface area contributed by atoms with Gasteiger partial charge in [0.2, 0.25) is 8.46 Å². The molecule has 8 heteroatoms. The molecule has 6 nitrogen and oxygen atoms in total. The predicted octanol–water partition coefficient (Wildman–Crippen LogP) is 7.47. The lowest BCUT2D eigenvalue weighted by Gasteiger charge is -2.24. The van der Waals surface area contributed by atoms with Gasteiger partial charge in [0.25, 0.3) is 5.34 Å². The van der Waals surface area contributed by atoms with E-state index in [9.17, 15) is 14.5 Å². The zero-order valence-corrected chi connectivity index (χ0v) is 23.7. The summed E-state index contributed by atoms with van der Waals surface area (Å²) in [5.74, 6) is -0.363. The molecule has 3 atom stereocenters. The third-order valence-electron chi connectivity index (χ3n) is 6.06. The Balaban J connectivity index is 4.18. The van der Waals surface area contributed by atoms with Gasteiger partial charge in [0.05, 0.1) is 12.7 Å². The second kappa shape index (κ2) is 23.2. The first-order valence-electron chi connectivity index (χ1n) is 13.5. The Bertz CT molecular complexity index is 496. The van der Waals surface area contributed by atoms with Crippen molar-refractivity contribution in [1.29, 1.82) is 0 Å². The Labute approximate surface area is 214 Å². The Morgan fingerprint density at radius 2 is 1.44 bits per heavy atom. The van der Waals surface area contributed by atoms with Crippen LogP contribution in [0.4, 0.5) is 0 Å². The summed E-state index contributed by atoms with van der Waals surface area (Å²) in [6.07, 6.45) is 19.1. The number of carboxylic acids is 1. The summed E-state index contributed by atoms with van der Waals surface area (Å²) in [4.78, 5) is 10.9. The van der Waals surface area contributed by atoms with Gasteiger partial charge in [0.1, 0.15) is 0 Å². The van der Waals surface area contributed by atoms with Crippen molar-refractivity contribution in [3.05, 3.63) is 0 Å². The summed E-state index contributed by atoms with van der Waals surface area (Å²) in [5.41, 5.74) is 0. The first-order valence-corrected chi connectivity index (χ1v) is 15.4. The van der Waals surface area contributed by atoms with Crippen molar-refractivity contribution in [3.63, 3.8) is 0 Å². The van der Waals surface area contributed by atoms with Crippen LogP contribution in [0.25, 0.3) is 0 Å². The van der Waals surface area contributed by atoms with Gasteiger partial charge in [-0.25, -0.2) is 4.79 Å². The van der Waals surface area contributed by atoms with Gasteiger partial charge in [-0.15, -0.1) is 0 Å². The van der Waals surface area contributed by atoms with E-state index in [2.05, 4.69) is 32.5 Å². The standard InChI is InChI=1S/C26H51O6PS/c1-4-6-8-10-11-12-14-16-21-34-24(18-15-13-9-7-5-2)23(3)32-20-17-19-31-22-26(29,33-30)25(27)28/h23-24,29H,4-22H2,1-3H3,(H,27,28). The van der Waals surface area contributed by atoms with Crippen LogP contribution in [0.15, 0.2) is 0 Å². The van der Waals surface area contributed by atoms with Crippen molar-refractivity contribution in [1.82, 2.24) is 0 Å². The fraction of sp³-hybridized carbons (Fsp3) is 0.962. The molecule has 0 amide bonds. The van der Waals surface area contributed by atoms with Gasteiger partial charge >= 0.3 is 5.97 Å². The van der Waals surface area contributed by atoms with E-state index in [1.165, 1.54) is 95.6 Å². The van der Waals surface area contributed by atoms with Gasteiger partial charge in [0, 0.05) is 18.5 Å². The summed E-state index contributed by atoms with van der Waals surface area (Å²) in [6, 6.07) is 0. The topological polar surface area (TPSA) is 93.1 Å². The zero-order valence-electron chi connectivity index (χ0n) is 22.0. The van der Waals surface area contributed by atoms with Gasteiger partial charge in [-0.05, 0) is 31.9 Å². The second-order valence-electron chi connectivity index (χ2n) is 9.28. The van der Waals surface area contributed by atoms with Crippen LogP contribution >= 0.6 is 20.2 Å². The number of hydrogen-bond acceptors (Lipinski definition) is 6. The SMILES string of the molecule is CCCCCCCCCCSC(CCCCCCC)C(C)OCCCOCC(O)(P=O)C(=O)O. The predicted molar refractivity (Wildman–Crippen MR) is 143 cm³/mol. The summed E-state index contributed by atoms with van der Waals surface area (Å²) >= 11 is 2.05. The highest BCUT2D eigenvalue weighted by molar-refractivity contribution is 7.99. The molecule has 0 fully saturated rings. The molecule has 0 rings (SSSR count). The smallest absolute Gasteiger partial charge is 0.350 e. The highest BCUT2D eigenvalue weighted by atomic mass is 32.2. The zero-order chi connectivity index (χ0) is 25.5. The first-order chi connectivity index (χ1) is 16.4. The maximum Gasteiger partial charge on any atom is 0.350 e. The number of hydrogen-bond donors (Lipinski definition) is 2. The Morgan fingerprint density at radius 3 is 2.00 bits per heavy atom. The van der Waals surface area contributed by atoms with E-state index < -0.39 is 26.4 Å². The number of ether oxygens (including phenoxy) is 2. The van der Waals surface area contributed by atoms with Crippen LogP contribution in [0.3, 0.4) is 0 Å². The molecule has 0 aliphatic rings. The van der Waals surface area contributed by atoms with Crippen LogP contribution in [0, 0.1) is 0 Å². The van der Waals surface area contributed by atoms with E-state index >= 15 is 0 Å². The number of aliphatic carboxylic acids is 1. The number of carboxylic acid groups (broad SMARTS) is 1. The molecule has 0 aromatic heterocycles.